The van der Waals surface area contributed by atoms with Crippen LogP contribution in [0.3, 0.4) is 0 Å². The minimum atomic E-state index is -0.0931. The van der Waals surface area contributed by atoms with Crippen molar-refractivity contribution in [1.29, 1.82) is 0 Å². The summed E-state index contributed by atoms with van der Waals surface area (Å²) in [4.78, 5) is 19.3. The number of urea groups is 1. The van der Waals surface area contributed by atoms with Crippen molar-refractivity contribution in [3.05, 3.63) is 53.1 Å². The zero-order chi connectivity index (χ0) is 19.7. The predicted octanol–water partition coefficient (Wildman–Crippen LogP) is 3.04. The fraction of sp³-hybridized carbons (Fsp3) is 0.409. The molecule has 6 heteroatoms. The van der Waals surface area contributed by atoms with Gasteiger partial charge in [0.2, 0.25) is 0 Å². The summed E-state index contributed by atoms with van der Waals surface area (Å²) in [6.07, 6.45) is 0.810. The summed E-state index contributed by atoms with van der Waals surface area (Å²) in [7, 11) is 2.15. The number of piperazine rings is 1. The van der Waals surface area contributed by atoms with Gasteiger partial charge in [-0.15, -0.1) is 0 Å². The smallest absolute Gasteiger partial charge is 0.322 e. The number of anilines is 2. The molecule has 148 valence electrons. The second-order valence-electron chi connectivity index (χ2n) is 7.84. The highest BCUT2D eigenvalue weighted by molar-refractivity contribution is 5.90. The Kier molecular flexibility index (Phi) is 5.13. The third-order valence-electron chi connectivity index (χ3n) is 5.81. The van der Waals surface area contributed by atoms with Crippen LogP contribution in [0, 0.1) is 6.92 Å². The summed E-state index contributed by atoms with van der Waals surface area (Å²) in [6.45, 7) is 7.45. The van der Waals surface area contributed by atoms with Crippen molar-refractivity contribution in [2.24, 2.45) is 0 Å². The average molecular weight is 380 g/mol. The van der Waals surface area contributed by atoms with E-state index >= 15 is 0 Å². The Hall–Kier alpha value is -2.73. The van der Waals surface area contributed by atoms with Gasteiger partial charge in [-0.25, -0.2) is 4.79 Å². The van der Waals surface area contributed by atoms with E-state index in [9.17, 15) is 9.90 Å². The van der Waals surface area contributed by atoms with Gasteiger partial charge in [-0.05, 0) is 67.4 Å². The number of aryl methyl sites for hydroxylation is 1. The second-order valence-corrected chi connectivity index (χ2v) is 7.84. The molecule has 28 heavy (non-hydrogen) atoms. The average Bonchev–Trinajstić information content (AvgIpc) is 2.69. The lowest BCUT2D eigenvalue weighted by Crippen LogP contribution is -2.44. The molecule has 0 bridgehead atoms. The van der Waals surface area contributed by atoms with E-state index in [1.165, 1.54) is 11.3 Å². The Bertz CT molecular complexity index is 875. The van der Waals surface area contributed by atoms with Crippen LogP contribution in [0.15, 0.2) is 36.4 Å². The highest BCUT2D eigenvalue weighted by Crippen LogP contribution is 2.26. The number of aromatic hydroxyl groups is 1. The normalized spacial score (nSPS) is 17.4. The van der Waals surface area contributed by atoms with Crippen LogP contribution in [0.1, 0.15) is 16.7 Å². The van der Waals surface area contributed by atoms with Gasteiger partial charge in [0.15, 0.2) is 0 Å². The number of likely N-dealkylation sites (N-methyl/N-ethyl adjacent to an activating group) is 1. The molecule has 2 aromatic carbocycles. The molecule has 0 aromatic heterocycles. The fourth-order valence-corrected chi connectivity index (χ4v) is 3.96. The molecule has 1 saturated heterocycles. The number of carbonyl (C=O) groups excluding carboxylic acids is 1. The van der Waals surface area contributed by atoms with Gasteiger partial charge in [0.05, 0.1) is 0 Å². The highest BCUT2D eigenvalue weighted by atomic mass is 16.3. The first-order valence-corrected chi connectivity index (χ1v) is 9.90. The van der Waals surface area contributed by atoms with Crippen LogP contribution in [0.4, 0.5) is 16.2 Å². The third-order valence-corrected chi connectivity index (χ3v) is 5.81. The van der Waals surface area contributed by atoms with Crippen LogP contribution in [0.2, 0.25) is 0 Å². The lowest BCUT2D eigenvalue weighted by atomic mass is 10.00. The van der Waals surface area contributed by atoms with Crippen molar-refractivity contribution in [2.75, 3.05) is 50.0 Å². The largest absolute Gasteiger partial charge is 0.508 e. The number of benzene rings is 2. The Morgan fingerprint density at radius 1 is 1.00 bits per heavy atom. The van der Waals surface area contributed by atoms with Crippen LogP contribution in [0.5, 0.6) is 5.75 Å². The van der Waals surface area contributed by atoms with E-state index in [4.69, 9.17) is 0 Å². The molecular formula is C22H28N4O2. The van der Waals surface area contributed by atoms with Crippen LogP contribution >= 0.6 is 0 Å². The second kappa shape index (κ2) is 7.72. The lowest BCUT2D eigenvalue weighted by Gasteiger charge is -2.34. The number of fused-ring (bicyclic) bond motifs is 1. The van der Waals surface area contributed by atoms with E-state index in [0.29, 0.717) is 13.1 Å². The summed E-state index contributed by atoms with van der Waals surface area (Å²) >= 11 is 0. The molecule has 1 fully saturated rings. The van der Waals surface area contributed by atoms with Crippen LogP contribution < -0.4 is 10.2 Å². The van der Waals surface area contributed by atoms with Gasteiger partial charge >= 0.3 is 6.03 Å². The first-order valence-electron chi connectivity index (χ1n) is 9.90. The SMILES string of the molecule is Cc1cc(N2CCN(C)CC2)ccc1NC(=O)N1CCc2ccc(O)cc2C1. The predicted molar refractivity (Wildman–Crippen MR) is 112 cm³/mol. The molecule has 0 radical (unpaired) electrons. The minimum absolute atomic E-state index is 0.0931. The minimum Gasteiger partial charge on any atom is -0.508 e. The molecule has 2 aliphatic heterocycles. The molecular weight excluding hydrogens is 352 g/mol. The van der Waals surface area contributed by atoms with Crippen LogP contribution in [-0.2, 0) is 13.0 Å². The topological polar surface area (TPSA) is 59.0 Å². The Balaban J connectivity index is 1.42. The van der Waals surface area contributed by atoms with E-state index < -0.39 is 0 Å². The fourth-order valence-electron chi connectivity index (χ4n) is 3.96. The van der Waals surface area contributed by atoms with E-state index in [1.54, 1.807) is 17.0 Å². The Labute approximate surface area is 166 Å². The monoisotopic (exact) mass is 380 g/mol. The van der Waals surface area contributed by atoms with Crippen molar-refractivity contribution >= 4 is 17.4 Å². The van der Waals surface area contributed by atoms with Gasteiger partial charge in [-0.1, -0.05) is 6.07 Å². The number of rotatable bonds is 2. The van der Waals surface area contributed by atoms with Crippen molar-refractivity contribution in [3.8, 4) is 5.75 Å². The number of hydrogen-bond donors (Lipinski definition) is 2. The van der Waals surface area contributed by atoms with Gasteiger partial charge in [-0.2, -0.15) is 0 Å². The number of amides is 2. The van der Waals surface area contributed by atoms with Crippen molar-refractivity contribution in [1.82, 2.24) is 9.80 Å². The van der Waals surface area contributed by atoms with Gasteiger partial charge in [0.25, 0.3) is 0 Å². The van der Waals surface area contributed by atoms with Crippen molar-refractivity contribution in [2.45, 2.75) is 19.9 Å². The summed E-state index contributed by atoms with van der Waals surface area (Å²) in [5, 5.41) is 12.8. The van der Waals surface area contributed by atoms with E-state index in [1.807, 2.05) is 19.1 Å². The van der Waals surface area contributed by atoms with Crippen molar-refractivity contribution < 1.29 is 9.90 Å². The molecule has 2 aromatic rings. The number of phenolic OH excluding ortho intramolecular Hbond substituents is 1. The lowest BCUT2D eigenvalue weighted by molar-refractivity contribution is 0.206. The molecule has 0 spiro atoms. The molecule has 0 unspecified atom stereocenters. The number of phenols is 1. The molecule has 0 aliphatic carbocycles. The molecule has 2 heterocycles. The maximum absolute atomic E-state index is 12.8. The van der Waals surface area contributed by atoms with Gasteiger partial charge in [0, 0.05) is 50.6 Å². The first kappa shape index (κ1) is 18.6. The van der Waals surface area contributed by atoms with E-state index in [0.717, 1.165) is 49.4 Å². The third kappa shape index (κ3) is 3.92. The maximum atomic E-state index is 12.8. The standard InChI is InChI=1S/C22H28N4O2/c1-16-13-19(25-11-9-24(2)10-12-25)4-6-21(16)23-22(28)26-8-7-17-3-5-20(27)14-18(17)15-26/h3-6,13-14,27H,7-12,15H2,1-2H3,(H,23,28). The Morgan fingerprint density at radius 2 is 1.79 bits per heavy atom. The van der Waals surface area contributed by atoms with Gasteiger partial charge in [0.1, 0.15) is 5.75 Å². The molecule has 2 amide bonds. The molecule has 2 N–H and O–H groups in total. The maximum Gasteiger partial charge on any atom is 0.322 e. The van der Waals surface area contributed by atoms with Gasteiger partial charge < -0.3 is 25.1 Å². The first-order chi connectivity index (χ1) is 13.5. The zero-order valence-corrected chi connectivity index (χ0v) is 16.6. The van der Waals surface area contributed by atoms with E-state index in [2.05, 4.69) is 34.3 Å². The molecule has 0 atom stereocenters. The number of nitrogens with one attached hydrogen (secondary N) is 1. The van der Waals surface area contributed by atoms with Crippen molar-refractivity contribution in [3.63, 3.8) is 0 Å². The molecule has 4 rings (SSSR count). The molecule has 6 nitrogen and oxygen atoms in total. The number of carbonyl (C=O) groups is 1. The van der Waals surface area contributed by atoms with Crippen LogP contribution in [0.25, 0.3) is 0 Å². The summed E-state index contributed by atoms with van der Waals surface area (Å²) in [5.41, 5.74) is 5.36. The summed E-state index contributed by atoms with van der Waals surface area (Å²) in [5.74, 6) is 0.247. The summed E-state index contributed by atoms with van der Waals surface area (Å²) < 4.78 is 0. The number of nitrogens with zero attached hydrogens (tertiary/aromatic N) is 3. The van der Waals surface area contributed by atoms with E-state index in [-0.39, 0.29) is 11.8 Å². The number of hydrogen-bond acceptors (Lipinski definition) is 4. The highest BCUT2D eigenvalue weighted by Gasteiger charge is 2.22. The quantitative estimate of drug-likeness (QED) is 0.841. The summed E-state index contributed by atoms with van der Waals surface area (Å²) in [6, 6.07) is 11.6. The van der Waals surface area contributed by atoms with Gasteiger partial charge in [-0.3, -0.25) is 0 Å². The zero-order valence-electron chi connectivity index (χ0n) is 16.6. The molecule has 2 aliphatic rings. The Morgan fingerprint density at radius 3 is 2.54 bits per heavy atom. The molecule has 0 saturated carbocycles. The van der Waals surface area contributed by atoms with Crippen LogP contribution in [-0.4, -0.2) is 60.7 Å².